The maximum atomic E-state index is 11.8. The Balaban J connectivity index is 2.36. The van der Waals surface area contributed by atoms with E-state index in [2.05, 4.69) is 10.6 Å². The van der Waals surface area contributed by atoms with Crippen molar-refractivity contribution < 1.29 is 9.59 Å². The molecule has 1 aromatic carbocycles. The van der Waals surface area contributed by atoms with Gasteiger partial charge >= 0.3 is 0 Å². The van der Waals surface area contributed by atoms with Gasteiger partial charge in [-0.3, -0.25) is 9.59 Å². The zero-order chi connectivity index (χ0) is 15.0. The van der Waals surface area contributed by atoms with Gasteiger partial charge in [0.15, 0.2) is 0 Å². The van der Waals surface area contributed by atoms with E-state index in [1.807, 2.05) is 19.9 Å². The maximum absolute atomic E-state index is 11.8. The molecule has 0 aliphatic heterocycles. The zero-order valence-electron chi connectivity index (χ0n) is 11.8. The van der Waals surface area contributed by atoms with Crippen molar-refractivity contribution in [3.63, 3.8) is 0 Å². The number of nitrogens with one attached hydrogen (secondary N) is 2. The predicted octanol–water partition coefficient (Wildman–Crippen LogP) is 1.59. The van der Waals surface area contributed by atoms with Crippen LogP contribution in [0.3, 0.4) is 0 Å². The van der Waals surface area contributed by atoms with Crippen molar-refractivity contribution in [2.45, 2.75) is 32.7 Å². The molecule has 0 aliphatic rings. The van der Waals surface area contributed by atoms with Crippen molar-refractivity contribution in [1.82, 2.24) is 10.6 Å². The first-order chi connectivity index (χ1) is 9.56. The van der Waals surface area contributed by atoms with Crippen molar-refractivity contribution in [3.05, 3.63) is 35.4 Å². The first-order valence-electron chi connectivity index (χ1n) is 6.64. The molecule has 0 saturated heterocycles. The van der Waals surface area contributed by atoms with E-state index in [0.717, 1.165) is 6.42 Å². The molecule has 1 unspecified atom stereocenters. The molecule has 0 fully saturated rings. The van der Waals surface area contributed by atoms with Crippen LogP contribution in [-0.4, -0.2) is 24.4 Å². The van der Waals surface area contributed by atoms with Gasteiger partial charge in [0.25, 0.3) is 5.91 Å². The topological polar surface area (TPSA) is 82.0 Å². The molecule has 2 amide bonds. The summed E-state index contributed by atoms with van der Waals surface area (Å²) in [5, 5.41) is 14.2. The molecular weight excluding hydrogens is 254 g/mol. The highest BCUT2D eigenvalue weighted by molar-refractivity contribution is 5.94. The minimum absolute atomic E-state index is 0.0699. The van der Waals surface area contributed by atoms with Crippen LogP contribution in [0.1, 0.15) is 42.6 Å². The second-order valence-electron chi connectivity index (χ2n) is 4.57. The monoisotopic (exact) mass is 273 g/mol. The lowest BCUT2D eigenvalue weighted by molar-refractivity contribution is -0.121. The molecule has 0 saturated carbocycles. The number of benzene rings is 1. The average Bonchev–Trinajstić information content (AvgIpc) is 2.47. The van der Waals surface area contributed by atoms with E-state index in [1.54, 1.807) is 24.3 Å². The highest BCUT2D eigenvalue weighted by Gasteiger charge is 2.08. The van der Waals surface area contributed by atoms with E-state index in [9.17, 15) is 9.59 Å². The van der Waals surface area contributed by atoms with Crippen molar-refractivity contribution in [1.29, 1.82) is 5.26 Å². The largest absolute Gasteiger partial charge is 0.354 e. The normalized spacial score (nSPS) is 11.2. The molecule has 2 N–H and O–H groups in total. The Bertz CT molecular complexity index is 503. The number of carbonyl (C=O) groups excluding carboxylic acids is 2. The summed E-state index contributed by atoms with van der Waals surface area (Å²) < 4.78 is 0. The lowest BCUT2D eigenvalue weighted by Gasteiger charge is -2.11. The Kier molecular flexibility index (Phi) is 6.24. The van der Waals surface area contributed by atoms with Crippen molar-refractivity contribution in [2.75, 3.05) is 6.54 Å². The summed E-state index contributed by atoms with van der Waals surface area (Å²) in [4.78, 5) is 23.3. The molecule has 0 spiro atoms. The zero-order valence-corrected chi connectivity index (χ0v) is 11.8. The lowest BCUT2D eigenvalue weighted by Crippen LogP contribution is -2.35. The fraction of sp³-hybridized carbons (Fsp3) is 0.400. The average molecular weight is 273 g/mol. The van der Waals surface area contributed by atoms with E-state index in [0.29, 0.717) is 17.7 Å². The molecule has 0 aromatic heterocycles. The first-order valence-corrected chi connectivity index (χ1v) is 6.64. The molecule has 5 nitrogen and oxygen atoms in total. The number of nitriles is 1. The molecular formula is C15H19N3O2. The molecule has 5 heteroatoms. The second-order valence-corrected chi connectivity index (χ2v) is 4.57. The van der Waals surface area contributed by atoms with E-state index in [4.69, 9.17) is 5.26 Å². The van der Waals surface area contributed by atoms with E-state index < -0.39 is 0 Å². The van der Waals surface area contributed by atoms with Gasteiger partial charge in [-0.05, 0) is 37.6 Å². The third-order valence-corrected chi connectivity index (χ3v) is 2.93. The van der Waals surface area contributed by atoms with Crippen molar-refractivity contribution >= 4 is 11.8 Å². The molecule has 0 heterocycles. The van der Waals surface area contributed by atoms with E-state index >= 15 is 0 Å². The number of hydrogen-bond donors (Lipinski definition) is 2. The first kappa shape index (κ1) is 15.7. The van der Waals surface area contributed by atoms with Crippen LogP contribution >= 0.6 is 0 Å². The maximum Gasteiger partial charge on any atom is 0.251 e. The molecule has 106 valence electrons. The minimum Gasteiger partial charge on any atom is -0.354 e. The molecule has 1 rings (SSSR count). The standard InChI is InChI=1S/C15H19N3O2/c1-3-11(2)18-14(19)8-9-17-15(20)13-6-4-12(10-16)5-7-13/h4-7,11H,3,8-9H2,1-2H3,(H,17,20)(H,18,19). The van der Waals surface area contributed by atoms with Gasteiger partial charge in [-0.2, -0.15) is 5.26 Å². The van der Waals surface area contributed by atoms with Gasteiger partial charge < -0.3 is 10.6 Å². The summed E-state index contributed by atoms with van der Waals surface area (Å²) in [5.74, 6) is -0.315. The third kappa shape index (κ3) is 5.11. The summed E-state index contributed by atoms with van der Waals surface area (Å²) >= 11 is 0. The lowest BCUT2D eigenvalue weighted by atomic mass is 10.1. The summed E-state index contributed by atoms with van der Waals surface area (Å²) in [5.41, 5.74) is 0.987. The van der Waals surface area contributed by atoms with Crippen molar-refractivity contribution in [2.24, 2.45) is 0 Å². The second kappa shape index (κ2) is 7.95. The third-order valence-electron chi connectivity index (χ3n) is 2.93. The van der Waals surface area contributed by atoms with Crippen LogP contribution in [0.2, 0.25) is 0 Å². The molecule has 20 heavy (non-hydrogen) atoms. The number of nitrogens with zero attached hydrogens (tertiary/aromatic N) is 1. The molecule has 1 aromatic rings. The van der Waals surface area contributed by atoms with Crippen LogP contribution in [0.5, 0.6) is 0 Å². The van der Waals surface area contributed by atoms with Gasteiger partial charge in [0, 0.05) is 24.6 Å². The van der Waals surface area contributed by atoms with Gasteiger partial charge in [-0.1, -0.05) is 6.92 Å². The summed E-state index contributed by atoms with van der Waals surface area (Å²) in [6.45, 7) is 4.23. The Hall–Kier alpha value is -2.35. The molecule has 1 atom stereocenters. The van der Waals surface area contributed by atoms with Gasteiger partial charge in [0.2, 0.25) is 5.91 Å². The molecule has 0 bridgehead atoms. The van der Waals surface area contributed by atoms with Gasteiger partial charge in [0.1, 0.15) is 0 Å². The quantitative estimate of drug-likeness (QED) is 0.825. The predicted molar refractivity (Wildman–Crippen MR) is 76.0 cm³/mol. The summed E-state index contributed by atoms with van der Waals surface area (Å²) in [6.07, 6.45) is 1.13. The van der Waals surface area contributed by atoms with Crippen molar-refractivity contribution in [3.8, 4) is 6.07 Å². The minimum atomic E-state index is -0.245. The summed E-state index contributed by atoms with van der Waals surface area (Å²) in [7, 11) is 0. The number of carbonyl (C=O) groups is 2. The SMILES string of the molecule is CCC(C)NC(=O)CCNC(=O)c1ccc(C#N)cc1. The Morgan fingerprint density at radius 3 is 2.50 bits per heavy atom. The Morgan fingerprint density at radius 2 is 1.95 bits per heavy atom. The number of amides is 2. The van der Waals surface area contributed by atoms with E-state index in [-0.39, 0.29) is 24.3 Å². The smallest absolute Gasteiger partial charge is 0.251 e. The Labute approximate surface area is 119 Å². The Morgan fingerprint density at radius 1 is 1.30 bits per heavy atom. The van der Waals surface area contributed by atoms with Crippen LogP contribution in [0.4, 0.5) is 0 Å². The van der Waals surface area contributed by atoms with Gasteiger partial charge in [-0.25, -0.2) is 0 Å². The number of rotatable bonds is 6. The highest BCUT2D eigenvalue weighted by atomic mass is 16.2. The van der Waals surface area contributed by atoms with Crippen LogP contribution in [-0.2, 0) is 4.79 Å². The fourth-order valence-corrected chi connectivity index (χ4v) is 1.54. The van der Waals surface area contributed by atoms with E-state index in [1.165, 1.54) is 0 Å². The van der Waals surface area contributed by atoms with Gasteiger partial charge in [0.05, 0.1) is 11.6 Å². The molecule has 0 radical (unpaired) electrons. The number of hydrogen-bond acceptors (Lipinski definition) is 3. The van der Waals surface area contributed by atoms with Crippen LogP contribution in [0.15, 0.2) is 24.3 Å². The molecule has 0 aliphatic carbocycles. The van der Waals surface area contributed by atoms with Crippen LogP contribution < -0.4 is 10.6 Å². The van der Waals surface area contributed by atoms with Gasteiger partial charge in [-0.15, -0.1) is 0 Å². The van der Waals surface area contributed by atoms with Crippen LogP contribution in [0.25, 0.3) is 0 Å². The van der Waals surface area contributed by atoms with Crippen LogP contribution in [0, 0.1) is 11.3 Å². The summed E-state index contributed by atoms with van der Waals surface area (Å²) in [6, 6.07) is 8.50. The highest BCUT2D eigenvalue weighted by Crippen LogP contribution is 2.03. The fourth-order valence-electron chi connectivity index (χ4n) is 1.54.